The highest BCUT2D eigenvalue weighted by Gasteiger charge is 2.10. The first kappa shape index (κ1) is 13.7. The molecule has 1 saturated heterocycles. The molecule has 0 spiro atoms. The van der Waals surface area contributed by atoms with E-state index in [2.05, 4.69) is 45.2 Å². The number of hydrogen-bond acceptors (Lipinski definition) is 2. The summed E-state index contributed by atoms with van der Waals surface area (Å²) < 4.78 is 2.40. The lowest BCUT2D eigenvalue weighted by molar-refractivity contribution is 0.326. The summed E-state index contributed by atoms with van der Waals surface area (Å²) in [6, 6.07) is 9.03. The van der Waals surface area contributed by atoms with Crippen LogP contribution in [0.1, 0.15) is 24.8 Å². The predicted octanol–water partition coefficient (Wildman–Crippen LogP) is 2.85. The summed E-state index contributed by atoms with van der Waals surface area (Å²) in [7, 11) is 1.99. The van der Waals surface area contributed by atoms with Crippen molar-refractivity contribution < 1.29 is 0 Å². The summed E-state index contributed by atoms with van der Waals surface area (Å²) in [4.78, 5) is 2.59. The van der Waals surface area contributed by atoms with Crippen LogP contribution in [-0.2, 0) is 13.1 Å². The van der Waals surface area contributed by atoms with Gasteiger partial charge in [-0.15, -0.1) is 0 Å². The van der Waals surface area contributed by atoms with Gasteiger partial charge in [-0.3, -0.25) is 0 Å². The van der Waals surface area contributed by atoms with Crippen molar-refractivity contribution in [2.75, 3.05) is 26.7 Å². The molecule has 1 aromatic heterocycles. The van der Waals surface area contributed by atoms with Crippen molar-refractivity contribution in [2.24, 2.45) is 0 Å². The van der Waals surface area contributed by atoms with Gasteiger partial charge in [-0.05, 0) is 75.1 Å². The van der Waals surface area contributed by atoms with Gasteiger partial charge in [-0.2, -0.15) is 0 Å². The number of aryl methyl sites for hydroxylation is 1. The Labute approximate surface area is 121 Å². The predicted molar refractivity (Wildman–Crippen MR) is 85.0 cm³/mol. The molecule has 3 rings (SSSR count). The summed E-state index contributed by atoms with van der Waals surface area (Å²) >= 11 is 0. The van der Waals surface area contributed by atoms with E-state index in [0.29, 0.717) is 0 Å². The van der Waals surface area contributed by atoms with E-state index in [-0.39, 0.29) is 0 Å². The second kappa shape index (κ2) is 6.42. The second-order valence-corrected chi connectivity index (χ2v) is 5.83. The summed E-state index contributed by atoms with van der Waals surface area (Å²) in [5, 5.41) is 4.57. The lowest BCUT2D eigenvalue weighted by atomic mass is 10.1. The SMILES string of the molecule is CNCc1ccc2c(ccn2CCCN2CCCC2)c1. The highest BCUT2D eigenvalue weighted by Crippen LogP contribution is 2.18. The van der Waals surface area contributed by atoms with Gasteiger partial charge < -0.3 is 14.8 Å². The van der Waals surface area contributed by atoms with E-state index >= 15 is 0 Å². The number of hydrogen-bond donors (Lipinski definition) is 1. The minimum Gasteiger partial charge on any atom is -0.347 e. The lowest BCUT2D eigenvalue weighted by Gasteiger charge is -2.14. The van der Waals surface area contributed by atoms with E-state index in [1.54, 1.807) is 0 Å². The summed E-state index contributed by atoms with van der Waals surface area (Å²) in [6.07, 6.45) is 6.27. The molecule has 1 fully saturated rings. The number of nitrogens with zero attached hydrogens (tertiary/aromatic N) is 2. The van der Waals surface area contributed by atoms with Crippen molar-refractivity contribution in [3.05, 3.63) is 36.0 Å². The maximum absolute atomic E-state index is 3.21. The van der Waals surface area contributed by atoms with Crippen LogP contribution in [0.4, 0.5) is 0 Å². The highest BCUT2D eigenvalue weighted by molar-refractivity contribution is 5.80. The van der Waals surface area contributed by atoms with Crippen LogP contribution in [0.3, 0.4) is 0 Å². The molecule has 1 aliphatic heterocycles. The third kappa shape index (κ3) is 3.05. The summed E-state index contributed by atoms with van der Waals surface area (Å²) in [6.45, 7) is 5.93. The Morgan fingerprint density at radius 2 is 1.95 bits per heavy atom. The fourth-order valence-corrected chi connectivity index (χ4v) is 3.23. The van der Waals surface area contributed by atoms with Crippen LogP contribution in [0.15, 0.2) is 30.5 Å². The molecule has 3 heteroatoms. The average molecular weight is 271 g/mol. The molecule has 20 heavy (non-hydrogen) atoms. The fourth-order valence-electron chi connectivity index (χ4n) is 3.23. The zero-order valence-electron chi connectivity index (χ0n) is 12.4. The van der Waals surface area contributed by atoms with Crippen molar-refractivity contribution in [1.82, 2.24) is 14.8 Å². The Morgan fingerprint density at radius 3 is 2.75 bits per heavy atom. The van der Waals surface area contributed by atoms with Gasteiger partial charge in [0.2, 0.25) is 0 Å². The number of likely N-dealkylation sites (tertiary alicyclic amines) is 1. The van der Waals surface area contributed by atoms with Gasteiger partial charge in [-0.1, -0.05) is 6.07 Å². The summed E-state index contributed by atoms with van der Waals surface area (Å²) in [5.74, 6) is 0. The van der Waals surface area contributed by atoms with Crippen LogP contribution in [0.2, 0.25) is 0 Å². The quantitative estimate of drug-likeness (QED) is 0.872. The maximum atomic E-state index is 3.21. The molecule has 3 nitrogen and oxygen atoms in total. The Kier molecular flexibility index (Phi) is 4.38. The largest absolute Gasteiger partial charge is 0.347 e. The highest BCUT2D eigenvalue weighted by atomic mass is 15.1. The third-order valence-corrected chi connectivity index (χ3v) is 4.29. The molecule has 0 radical (unpaired) electrons. The Morgan fingerprint density at radius 1 is 1.10 bits per heavy atom. The number of fused-ring (bicyclic) bond motifs is 1. The smallest absolute Gasteiger partial charge is 0.0480 e. The first-order valence-electron chi connectivity index (χ1n) is 7.81. The van der Waals surface area contributed by atoms with Gasteiger partial charge in [0.25, 0.3) is 0 Å². The molecule has 0 bridgehead atoms. The van der Waals surface area contributed by atoms with Crippen molar-refractivity contribution in [2.45, 2.75) is 32.4 Å². The van der Waals surface area contributed by atoms with Gasteiger partial charge in [0, 0.05) is 24.8 Å². The van der Waals surface area contributed by atoms with E-state index in [1.165, 1.54) is 55.4 Å². The molecule has 1 N–H and O–H groups in total. The maximum Gasteiger partial charge on any atom is 0.0480 e. The molecule has 0 aliphatic carbocycles. The van der Waals surface area contributed by atoms with E-state index in [9.17, 15) is 0 Å². The molecule has 0 atom stereocenters. The molecule has 0 unspecified atom stereocenters. The van der Waals surface area contributed by atoms with Crippen LogP contribution >= 0.6 is 0 Å². The van der Waals surface area contributed by atoms with Crippen molar-refractivity contribution in [3.8, 4) is 0 Å². The second-order valence-electron chi connectivity index (χ2n) is 5.83. The van der Waals surface area contributed by atoms with Gasteiger partial charge in [0.1, 0.15) is 0 Å². The number of rotatable bonds is 6. The van der Waals surface area contributed by atoms with Gasteiger partial charge in [0.15, 0.2) is 0 Å². The van der Waals surface area contributed by atoms with Crippen molar-refractivity contribution in [3.63, 3.8) is 0 Å². The molecule has 0 amide bonds. The standard InChI is InChI=1S/C17H25N3/c1-18-14-15-5-6-17-16(13-15)7-12-20(17)11-4-10-19-8-2-3-9-19/h5-7,12-13,18H,2-4,8-11,14H2,1H3. The molecule has 2 heterocycles. The number of benzene rings is 1. The molecular formula is C17H25N3. The molecule has 0 saturated carbocycles. The zero-order chi connectivity index (χ0) is 13.8. The van der Waals surface area contributed by atoms with Crippen molar-refractivity contribution >= 4 is 10.9 Å². The first-order valence-corrected chi connectivity index (χ1v) is 7.81. The van der Waals surface area contributed by atoms with Crippen LogP contribution in [0.25, 0.3) is 10.9 Å². The van der Waals surface area contributed by atoms with E-state index in [0.717, 1.165) is 13.1 Å². The average Bonchev–Trinajstić information content (AvgIpc) is 3.09. The van der Waals surface area contributed by atoms with Gasteiger partial charge >= 0.3 is 0 Å². The number of aromatic nitrogens is 1. The normalized spacial score (nSPS) is 16.2. The first-order chi connectivity index (χ1) is 9.86. The minimum absolute atomic E-state index is 0.941. The van der Waals surface area contributed by atoms with Crippen LogP contribution in [0, 0.1) is 0 Å². The van der Waals surface area contributed by atoms with Crippen LogP contribution < -0.4 is 5.32 Å². The molecule has 1 aromatic carbocycles. The molecular weight excluding hydrogens is 246 g/mol. The fraction of sp³-hybridized carbons (Fsp3) is 0.529. The molecule has 2 aromatic rings. The van der Waals surface area contributed by atoms with E-state index in [1.807, 2.05) is 7.05 Å². The monoisotopic (exact) mass is 271 g/mol. The third-order valence-electron chi connectivity index (χ3n) is 4.29. The van der Waals surface area contributed by atoms with Crippen molar-refractivity contribution in [1.29, 1.82) is 0 Å². The van der Waals surface area contributed by atoms with Crippen LogP contribution in [0.5, 0.6) is 0 Å². The van der Waals surface area contributed by atoms with Gasteiger partial charge in [0.05, 0.1) is 0 Å². The Hall–Kier alpha value is -1.32. The molecule has 1 aliphatic rings. The Bertz CT molecular complexity index is 552. The lowest BCUT2D eigenvalue weighted by Crippen LogP contribution is -2.21. The minimum atomic E-state index is 0.941. The topological polar surface area (TPSA) is 20.2 Å². The van der Waals surface area contributed by atoms with Crippen LogP contribution in [-0.4, -0.2) is 36.1 Å². The Balaban J connectivity index is 1.62. The summed E-state index contributed by atoms with van der Waals surface area (Å²) in [5.41, 5.74) is 2.72. The van der Waals surface area contributed by atoms with Gasteiger partial charge in [-0.25, -0.2) is 0 Å². The van der Waals surface area contributed by atoms with E-state index in [4.69, 9.17) is 0 Å². The number of nitrogens with one attached hydrogen (secondary N) is 1. The van der Waals surface area contributed by atoms with E-state index < -0.39 is 0 Å². The zero-order valence-corrected chi connectivity index (χ0v) is 12.4. The molecule has 108 valence electrons.